The maximum absolute atomic E-state index is 12.0. The number of rotatable bonds is 4. The third kappa shape index (κ3) is 4.08. The van der Waals surface area contributed by atoms with Crippen molar-refractivity contribution in [3.63, 3.8) is 0 Å². The zero-order valence-corrected chi connectivity index (χ0v) is 12.7. The van der Waals surface area contributed by atoms with E-state index in [4.69, 9.17) is 10.5 Å². The summed E-state index contributed by atoms with van der Waals surface area (Å²) in [5.74, 6) is 0.298. The summed E-state index contributed by atoms with van der Waals surface area (Å²) in [5.41, 5.74) is 6.21. The predicted molar refractivity (Wildman–Crippen MR) is 79.3 cm³/mol. The van der Waals surface area contributed by atoms with Gasteiger partial charge in [0.2, 0.25) is 10.0 Å². The number of nitrogens with zero attached hydrogens (tertiary/aromatic N) is 2. The van der Waals surface area contributed by atoms with Crippen LogP contribution in [-0.4, -0.2) is 62.6 Å². The fourth-order valence-corrected chi connectivity index (χ4v) is 2.94. The molecular weight excluding hydrogens is 294 g/mol. The summed E-state index contributed by atoms with van der Waals surface area (Å²) in [6.45, 7) is 1.28. The molecular formula is C13H19N3O4S. The number of benzene rings is 1. The molecule has 0 aliphatic carbocycles. The Labute approximate surface area is 124 Å². The van der Waals surface area contributed by atoms with Gasteiger partial charge in [-0.3, -0.25) is 4.79 Å². The van der Waals surface area contributed by atoms with Crippen molar-refractivity contribution in [1.29, 1.82) is 0 Å². The van der Waals surface area contributed by atoms with Crippen molar-refractivity contribution in [2.45, 2.75) is 0 Å². The molecule has 1 heterocycles. The Hall–Kier alpha value is -1.80. The number of piperazine rings is 1. The minimum Gasteiger partial charge on any atom is -0.482 e. The number of hydrogen-bond donors (Lipinski definition) is 1. The van der Waals surface area contributed by atoms with E-state index in [0.717, 1.165) is 0 Å². The Morgan fingerprint density at radius 1 is 1.24 bits per heavy atom. The highest BCUT2D eigenvalue weighted by molar-refractivity contribution is 7.88. The minimum absolute atomic E-state index is 0.104. The standard InChI is InChI=1S/C13H19N3O4S/c1-21(18,19)16-8-6-15(7-9-16)13(17)10-20-12-5-3-2-4-11(12)14/h2-5H,6-10,14H2,1H3. The number of amides is 1. The number of ether oxygens (including phenoxy) is 1. The number of carbonyl (C=O) groups is 1. The molecule has 0 atom stereocenters. The van der Waals surface area contributed by atoms with Crippen LogP contribution in [0.4, 0.5) is 5.69 Å². The first-order chi connectivity index (χ1) is 9.88. The molecule has 116 valence electrons. The molecule has 1 amide bonds. The van der Waals surface area contributed by atoms with E-state index in [1.807, 2.05) is 0 Å². The number of nitrogens with two attached hydrogens (primary N) is 1. The Morgan fingerprint density at radius 2 is 1.86 bits per heavy atom. The van der Waals surface area contributed by atoms with Gasteiger partial charge in [-0.05, 0) is 12.1 Å². The van der Waals surface area contributed by atoms with Gasteiger partial charge < -0.3 is 15.4 Å². The summed E-state index contributed by atoms with van der Waals surface area (Å²) in [5, 5.41) is 0. The fourth-order valence-electron chi connectivity index (χ4n) is 2.11. The van der Waals surface area contributed by atoms with Crippen LogP contribution in [0, 0.1) is 0 Å². The van der Waals surface area contributed by atoms with E-state index in [9.17, 15) is 13.2 Å². The summed E-state index contributed by atoms with van der Waals surface area (Å²) in [6.07, 6.45) is 1.17. The van der Waals surface area contributed by atoms with Crippen molar-refractivity contribution in [2.24, 2.45) is 0 Å². The molecule has 2 N–H and O–H groups in total. The first kappa shape index (κ1) is 15.6. The highest BCUT2D eigenvalue weighted by Crippen LogP contribution is 2.19. The smallest absolute Gasteiger partial charge is 0.260 e. The predicted octanol–water partition coefficient (Wildman–Crippen LogP) is -0.249. The molecule has 7 nitrogen and oxygen atoms in total. The lowest BCUT2D eigenvalue weighted by atomic mass is 10.3. The molecule has 1 saturated heterocycles. The van der Waals surface area contributed by atoms with Gasteiger partial charge in [0, 0.05) is 26.2 Å². The summed E-state index contributed by atoms with van der Waals surface area (Å²) >= 11 is 0. The average Bonchev–Trinajstić information content (AvgIpc) is 2.45. The largest absolute Gasteiger partial charge is 0.482 e. The zero-order chi connectivity index (χ0) is 15.5. The van der Waals surface area contributed by atoms with Crippen molar-refractivity contribution in [3.8, 4) is 5.75 Å². The van der Waals surface area contributed by atoms with Gasteiger partial charge >= 0.3 is 0 Å². The van der Waals surface area contributed by atoms with Gasteiger partial charge in [0.25, 0.3) is 5.91 Å². The maximum Gasteiger partial charge on any atom is 0.260 e. The van der Waals surface area contributed by atoms with Crippen molar-refractivity contribution >= 4 is 21.6 Å². The topological polar surface area (TPSA) is 92.9 Å². The van der Waals surface area contributed by atoms with E-state index < -0.39 is 10.0 Å². The Balaban J connectivity index is 1.84. The SMILES string of the molecule is CS(=O)(=O)N1CCN(C(=O)COc2ccccc2N)CC1. The minimum atomic E-state index is -3.19. The van der Waals surface area contributed by atoms with Crippen LogP contribution in [0.1, 0.15) is 0 Å². The van der Waals surface area contributed by atoms with Crippen LogP contribution in [-0.2, 0) is 14.8 Å². The van der Waals surface area contributed by atoms with Gasteiger partial charge in [0.1, 0.15) is 5.75 Å². The third-order valence-electron chi connectivity index (χ3n) is 3.33. The number of anilines is 1. The maximum atomic E-state index is 12.0. The molecule has 1 aliphatic heterocycles. The van der Waals surface area contributed by atoms with Crippen LogP contribution in [0.3, 0.4) is 0 Å². The van der Waals surface area contributed by atoms with Crippen LogP contribution in [0.25, 0.3) is 0 Å². The molecule has 0 bridgehead atoms. The number of nitrogen functional groups attached to an aromatic ring is 1. The lowest BCUT2D eigenvalue weighted by molar-refractivity contribution is -0.134. The second-order valence-electron chi connectivity index (χ2n) is 4.87. The highest BCUT2D eigenvalue weighted by Gasteiger charge is 2.26. The van der Waals surface area contributed by atoms with E-state index in [-0.39, 0.29) is 12.5 Å². The van der Waals surface area contributed by atoms with E-state index in [0.29, 0.717) is 37.6 Å². The van der Waals surface area contributed by atoms with Crippen molar-refractivity contribution in [1.82, 2.24) is 9.21 Å². The summed E-state index contributed by atoms with van der Waals surface area (Å²) in [7, 11) is -3.19. The lowest BCUT2D eigenvalue weighted by Gasteiger charge is -2.33. The van der Waals surface area contributed by atoms with Gasteiger partial charge in [0.05, 0.1) is 11.9 Å². The van der Waals surface area contributed by atoms with Crippen molar-refractivity contribution in [3.05, 3.63) is 24.3 Å². The first-order valence-electron chi connectivity index (χ1n) is 6.58. The van der Waals surface area contributed by atoms with Gasteiger partial charge in [-0.15, -0.1) is 0 Å². The number of sulfonamides is 1. The number of hydrogen-bond acceptors (Lipinski definition) is 5. The number of carbonyl (C=O) groups excluding carboxylic acids is 1. The fraction of sp³-hybridized carbons (Fsp3) is 0.462. The molecule has 21 heavy (non-hydrogen) atoms. The molecule has 8 heteroatoms. The van der Waals surface area contributed by atoms with E-state index in [1.165, 1.54) is 10.6 Å². The first-order valence-corrected chi connectivity index (χ1v) is 8.43. The normalized spacial score (nSPS) is 16.7. The molecule has 1 fully saturated rings. The molecule has 1 aromatic rings. The van der Waals surface area contributed by atoms with E-state index in [1.54, 1.807) is 29.2 Å². The molecule has 0 saturated carbocycles. The molecule has 1 aromatic carbocycles. The monoisotopic (exact) mass is 313 g/mol. The third-order valence-corrected chi connectivity index (χ3v) is 4.63. The van der Waals surface area contributed by atoms with Gasteiger partial charge in [-0.1, -0.05) is 12.1 Å². The van der Waals surface area contributed by atoms with Crippen molar-refractivity contribution < 1.29 is 17.9 Å². The summed E-state index contributed by atoms with van der Waals surface area (Å²) < 4.78 is 29.6. The van der Waals surface area contributed by atoms with E-state index in [2.05, 4.69) is 0 Å². The molecule has 2 rings (SSSR count). The Bertz CT molecular complexity index is 610. The van der Waals surface area contributed by atoms with Crippen LogP contribution >= 0.6 is 0 Å². The molecule has 0 unspecified atom stereocenters. The second kappa shape index (κ2) is 6.31. The Morgan fingerprint density at radius 3 is 2.43 bits per heavy atom. The lowest BCUT2D eigenvalue weighted by Crippen LogP contribution is -2.51. The van der Waals surface area contributed by atoms with Crippen LogP contribution in [0.2, 0.25) is 0 Å². The van der Waals surface area contributed by atoms with Gasteiger partial charge in [-0.2, -0.15) is 4.31 Å². The quantitative estimate of drug-likeness (QED) is 0.774. The summed E-state index contributed by atoms with van der Waals surface area (Å²) in [6, 6.07) is 6.96. The van der Waals surface area contributed by atoms with E-state index >= 15 is 0 Å². The molecule has 0 spiro atoms. The number of para-hydroxylation sites is 2. The highest BCUT2D eigenvalue weighted by atomic mass is 32.2. The van der Waals surface area contributed by atoms with Crippen LogP contribution in [0.5, 0.6) is 5.75 Å². The molecule has 1 aliphatic rings. The second-order valence-corrected chi connectivity index (χ2v) is 6.85. The van der Waals surface area contributed by atoms with Gasteiger partial charge in [-0.25, -0.2) is 8.42 Å². The van der Waals surface area contributed by atoms with Gasteiger partial charge in [0.15, 0.2) is 6.61 Å². The average molecular weight is 313 g/mol. The Kier molecular flexibility index (Phi) is 4.69. The molecule has 0 aromatic heterocycles. The summed E-state index contributed by atoms with van der Waals surface area (Å²) in [4.78, 5) is 13.6. The zero-order valence-electron chi connectivity index (χ0n) is 11.9. The van der Waals surface area contributed by atoms with Crippen LogP contribution in [0.15, 0.2) is 24.3 Å². The molecule has 0 radical (unpaired) electrons. The van der Waals surface area contributed by atoms with Crippen LogP contribution < -0.4 is 10.5 Å². The van der Waals surface area contributed by atoms with Crippen molar-refractivity contribution in [2.75, 3.05) is 44.8 Å².